The van der Waals surface area contributed by atoms with Gasteiger partial charge in [0.05, 0.1) is 11.7 Å². The Morgan fingerprint density at radius 3 is 2.31 bits per heavy atom. The molecule has 0 aliphatic carbocycles. The molecular weight excluding hydrogens is 445 g/mol. The molecule has 8 heteroatoms. The molecule has 4 rings (SSSR count). The summed E-state index contributed by atoms with van der Waals surface area (Å²) in [6.07, 6.45) is 4.14. The van der Waals surface area contributed by atoms with E-state index in [1.165, 1.54) is 6.07 Å². The number of pyridine rings is 1. The molecule has 1 saturated heterocycles. The van der Waals surface area contributed by atoms with E-state index in [1.807, 2.05) is 53.4 Å². The largest absolute Gasteiger partial charge is 0.367 e. The summed E-state index contributed by atoms with van der Waals surface area (Å²) in [5.41, 5.74) is 2.65. The lowest BCUT2D eigenvalue weighted by Gasteiger charge is -2.40. The number of benzene rings is 2. The van der Waals surface area contributed by atoms with Crippen molar-refractivity contribution in [3.8, 4) is 0 Å². The third-order valence-electron chi connectivity index (χ3n) is 6.22. The van der Waals surface area contributed by atoms with Crippen LogP contribution in [-0.4, -0.2) is 61.0 Å². The highest BCUT2D eigenvalue weighted by Gasteiger charge is 2.27. The fourth-order valence-corrected chi connectivity index (χ4v) is 4.33. The Hall–Kier alpha value is -3.78. The summed E-state index contributed by atoms with van der Waals surface area (Å²) in [4.78, 5) is 33.3. The van der Waals surface area contributed by atoms with Gasteiger partial charge in [0, 0.05) is 51.7 Å². The predicted octanol–water partition coefficient (Wildman–Crippen LogP) is 2.56. The van der Waals surface area contributed by atoms with E-state index in [0.717, 1.165) is 11.1 Å². The van der Waals surface area contributed by atoms with Gasteiger partial charge in [-0.1, -0.05) is 48.5 Å². The lowest BCUT2D eigenvalue weighted by Crippen LogP contribution is -2.51. The molecule has 2 heterocycles. The molecule has 2 amide bonds. The highest BCUT2D eigenvalue weighted by Crippen LogP contribution is 2.25. The number of piperazine rings is 1. The first-order valence-electron chi connectivity index (χ1n) is 11.8. The molecule has 7 nitrogen and oxygen atoms in total. The third-order valence-corrected chi connectivity index (χ3v) is 6.22. The first-order chi connectivity index (χ1) is 17.1. The van der Waals surface area contributed by atoms with Crippen LogP contribution in [0, 0.1) is 5.82 Å². The smallest absolute Gasteiger partial charge is 0.309 e. The van der Waals surface area contributed by atoms with Gasteiger partial charge in [-0.05, 0) is 35.7 Å². The van der Waals surface area contributed by atoms with E-state index >= 15 is 0 Å². The van der Waals surface area contributed by atoms with Gasteiger partial charge in [-0.2, -0.15) is 0 Å². The molecule has 0 bridgehead atoms. The molecule has 1 atom stereocenters. The zero-order valence-electron chi connectivity index (χ0n) is 19.6. The van der Waals surface area contributed by atoms with E-state index in [2.05, 4.69) is 20.5 Å². The molecule has 35 heavy (non-hydrogen) atoms. The lowest BCUT2D eigenvalue weighted by molar-refractivity contribution is -0.139. The van der Waals surface area contributed by atoms with Crippen molar-refractivity contribution in [2.24, 2.45) is 0 Å². The van der Waals surface area contributed by atoms with Crippen molar-refractivity contribution in [3.05, 3.63) is 96.1 Å². The second-order valence-corrected chi connectivity index (χ2v) is 8.48. The summed E-state index contributed by atoms with van der Waals surface area (Å²) in [6, 6.07) is 20.3. The maximum atomic E-state index is 14.2. The molecule has 2 aromatic carbocycles. The number of para-hydroxylation sites is 1. The molecule has 0 spiro atoms. The fourth-order valence-electron chi connectivity index (χ4n) is 4.33. The molecule has 2 N–H and O–H groups in total. The van der Waals surface area contributed by atoms with Gasteiger partial charge in [-0.25, -0.2) is 4.39 Å². The Morgan fingerprint density at radius 1 is 0.886 bits per heavy atom. The second-order valence-electron chi connectivity index (χ2n) is 8.48. The first kappa shape index (κ1) is 24.3. The predicted molar refractivity (Wildman–Crippen MR) is 133 cm³/mol. The van der Waals surface area contributed by atoms with E-state index in [9.17, 15) is 14.0 Å². The molecule has 1 aliphatic heterocycles. The Bertz CT molecular complexity index is 1100. The molecule has 1 aliphatic rings. The topological polar surface area (TPSA) is 77.6 Å². The van der Waals surface area contributed by atoms with Gasteiger partial charge in [-0.3, -0.25) is 19.5 Å². The molecule has 3 aromatic rings. The Labute approximate surface area is 205 Å². The van der Waals surface area contributed by atoms with Crippen LogP contribution in [0.15, 0.2) is 79.1 Å². The summed E-state index contributed by atoms with van der Waals surface area (Å²) in [6.45, 7) is 3.36. The lowest BCUT2D eigenvalue weighted by atomic mass is 10.1. The van der Waals surface area contributed by atoms with E-state index in [-0.39, 0.29) is 18.4 Å². The molecule has 0 radical (unpaired) electrons. The number of carbonyl (C=O) groups is 2. The van der Waals surface area contributed by atoms with Gasteiger partial charge >= 0.3 is 11.8 Å². The summed E-state index contributed by atoms with van der Waals surface area (Å²) >= 11 is 0. The van der Waals surface area contributed by atoms with Crippen molar-refractivity contribution >= 4 is 17.5 Å². The highest BCUT2D eigenvalue weighted by atomic mass is 19.1. The minimum atomic E-state index is -0.656. The second kappa shape index (κ2) is 12.1. The van der Waals surface area contributed by atoms with Gasteiger partial charge in [0.25, 0.3) is 0 Å². The molecule has 1 aromatic heterocycles. The minimum Gasteiger partial charge on any atom is -0.367 e. The summed E-state index contributed by atoms with van der Waals surface area (Å²) in [7, 11) is 0. The summed E-state index contributed by atoms with van der Waals surface area (Å²) < 4.78 is 14.2. The number of halogens is 1. The first-order valence-corrected chi connectivity index (χ1v) is 11.8. The van der Waals surface area contributed by atoms with E-state index in [0.29, 0.717) is 44.8 Å². The van der Waals surface area contributed by atoms with Crippen molar-refractivity contribution in [2.75, 3.05) is 44.2 Å². The standard InChI is InChI=1S/C27H30FN5O2/c28-23-10-4-5-11-24(23)32-15-17-33(18-16-32)25(22-9-6-13-29-19-22)20-31-27(35)26(34)30-14-12-21-7-2-1-3-8-21/h1-11,13,19,25H,12,14-18,20H2,(H,30,34)(H,31,35)/t25-/m1/s1. The van der Waals surface area contributed by atoms with Crippen LogP contribution < -0.4 is 15.5 Å². The number of nitrogens with one attached hydrogen (secondary N) is 2. The zero-order valence-corrected chi connectivity index (χ0v) is 19.6. The third kappa shape index (κ3) is 6.64. The average Bonchev–Trinajstić information content (AvgIpc) is 2.90. The number of anilines is 1. The Balaban J connectivity index is 1.32. The van der Waals surface area contributed by atoms with Gasteiger partial charge < -0.3 is 15.5 Å². The highest BCUT2D eigenvalue weighted by molar-refractivity contribution is 6.35. The summed E-state index contributed by atoms with van der Waals surface area (Å²) in [5, 5.41) is 5.47. The monoisotopic (exact) mass is 475 g/mol. The van der Waals surface area contributed by atoms with Crippen LogP contribution in [0.3, 0.4) is 0 Å². The zero-order chi connectivity index (χ0) is 24.5. The molecule has 1 fully saturated rings. The number of hydrogen-bond acceptors (Lipinski definition) is 5. The van der Waals surface area contributed by atoms with E-state index in [4.69, 9.17) is 0 Å². The van der Waals surface area contributed by atoms with Crippen molar-refractivity contribution in [1.29, 1.82) is 0 Å². The Morgan fingerprint density at radius 2 is 1.60 bits per heavy atom. The summed E-state index contributed by atoms with van der Waals surface area (Å²) in [5.74, 6) is -1.53. The van der Waals surface area contributed by atoms with Crippen molar-refractivity contribution in [2.45, 2.75) is 12.5 Å². The van der Waals surface area contributed by atoms with Crippen LogP contribution in [0.4, 0.5) is 10.1 Å². The maximum Gasteiger partial charge on any atom is 0.309 e. The number of amides is 2. The molecule has 182 valence electrons. The van der Waals surface area contributed by atoms with E-state index in [1.54, 1.807) is 24.5 Å². The minimum absolute atomic E-state index is 0.146. The van der Waals surface area contributed by atoms with Gasteiger partial charge in [0.15, 0.2) is 0 Å². The van der Waals surface area contributed by atoms with Crippen molar-refractivity contribution < 1.29 is 14.0 Å². The number of rotatable bonds is 8. The number of hydrogen-bond donors (Lipinski definition) is 2. The van der Waals surface area contributed by atoms with Gasteiger partial charge in [0.1, 0.15) is 5.82 Å². The number of carbonyl (C=O) groups excluding carboxylic acids is 2. The van der Waals surface area contributed by atoms with Crippen LogP contribution in [0.5, 0.6) is 0 Å². The Kier molecular flexibility index (Phi) is 8.40. The fraction of sp³-hybridized carbons (Fsp3) is 0.296. The van der Waals surface area contributed by atoms with Crippen LogP contribution in [-0.2, 0) is 16.0 Å². The van der Waals surface area contributed by atoms with Crippen LogP contribution in [0.25, 0.3) is 0 Å². The maximum absolute atomic E-state index is 14.2. The number of aromatic nitrogens is 1. The van der Waals surface area contributed by atoms with Crippen LogP contribution >= 0.6 is 0 Å². The quantitative estimate of drug-likeness (QED) is 0.490. The van der Waals surface area contributed by atoms with Crippen molar-refractivity contribution in [3.63, 3.8) is 0 Å². The van der Waals surface area contributed by atoms with Crippen LogP contribution in [0.1, 0.15) is 17.2 Å². The van der Waals surface area contributed by atoms with E-state index < -0.39 is 11.8 Å². The SMILES string of the molecule is O=C(NCCc1ccccc1)C(=O)NC[C@H](c1cccnc1)N1CCN(c2ccccc2F)CC1. The molecule has 0 unspecified atom stereocenters. The molecule has 0 saturated carbocycles. The number of nitrogens with zero attached hydrogens (tertiary/aromatic N) is 3. The van der Waals surface area contributed by atoms with Gasteiger partial charge in [-0.15, -0.1) is 0 Å². The normalized spacial score (nSPS) is 14.8. The van der Waals surface area contributed by atoms with Crippen molar-refractivity contribution in [1.82, 2.24) is 20.5 Å². The molecular formula is C27H30FN5O2. The van der Waals surface area contributed by atoms with Gasteiger partial charge in [0.2, 0.25) is 0 Å². The average molecular weight is 476 g/mol. The van der Waals surface area contributed by atoms with Crippen LogP contribution in [0.2, 0.25) is 0 Å².